The quantitative estimate of drug-likeness (QED) is 0.906. The van der Waals surface area contributed by atoms with E-state index >= 15 is 0 Å². The SMILES string of the molecule is Cl.Cl.N[C@H](Cc1ccc2ncccc2c1)C(=O)O. The highest BCUT2D eigenvalue weighted by molar-refractivity contribution is 5.85. The Balaban J connectivity index is 0.00000144. The summed E-state index contributed by atoms with van der Waals surface area (Å²) in [7, 11) is 0. The van der Waals surface area contributed by atoms with E-state index in [0.29, 0.717) is 6.42 Å². The summed E-state index contributed by atoms with van der Waals surface area (Å²) in [5.74, 6) is -0.980. The first-order chi connectivity index (χ1) is 7.66. The fourth-order valence-electron chi connectivity index (χ4n) is 1.59. The summed E-state index contributed by atoms with van der Waals surface area (Å²) in [6.07, 6.45) is 2.06. The normalized spacial score (nSPS) is 11.2. The Morgan fingerprint density at radius 2 is 2.06 bits per heavy atom. The molecule has 1 atom stereocenters. The van der Waals surface area contributed by atoms with Crippen LogP contribution in [0.15, 0.2) is 36.5 Å². The van der Waals surface area contributed by atoms with Crippen molar-refractivity contribution < 1.29 is 9.90 Å². The Labute approximate surface area is 117 Å². The Kier molecular flexibility index (Phi) is 6.62. The molecule has 0 spiro atoms. The summed E-state index contributed by atoms with van der Waals surface area (Å²) in [4.78, 5) is 14.8. The summed E-state index contributed by atoms with van der Waals surface area (Å²) >= 11 is 0. The molecule has 2 aromatic rings. The van der Waals surface area contributed by atoms with Crippen molar-refractivity contribution in [2.24, 2.45) is 5.73 Å². The van der Waals surface area contributed by atoms with Crippen LogP contribution >= 0.6 is 24.8 Å². The minimum atomic E-state index is -0.980. The number of nitrogens with two attached hydrogens (primary N) is 1. The van der Waals surface area contributed by atoms with E-state index in [4.69, 9.17) is 10.8 Å². The highest BCUT2D eigenvalue weighted by Gasteiger charge is 2.12. The smallest absolute Gasteiger partial charge is 0.320 e. The van der Waals surface area contributed by atoms with Gasteiger partial charge in [0.05, 0.1) is 5.52 Å². The molecule has 1 heterocycles. The second kappa shape index (κ2) is 7.16. The highest BCUT2D eigenvalue weighted by atomic mass is 35.5. The highest BCUT2D eigenvalue weighted by Crippen LogP contribution is 2.14. The molecule has 0 saturated carbocycles. The van der Waals surface area contributed by atoms with Crippen LogP contribution in [0.1, 0.15) is 5.56 Å². The molecular formula is C12H14Cl2N2O2. The molecular weight excluding hydrogens is 275 g/mol. The second-order valence-electron chi connectivity index (χ2n) is 3.68. The fourth-order valence-corrected chi connectivity index (χ4v) is 1.59. The lowest BCUT2D eigenvalue weighted by atomic mass is 10.0. The predicted molar refractivity (Wildman–Crippen MR) is 75.6 cm³/mol. The first-order valence-electron chi connectivity index (χ1n) is 4.99. The topological polar surface area (TPSA) is 76.2 Å². The van der Waals surface area contributed by atoms with Gasteiger partial charge in [0.1, 0.15) is 6.04 Å². The molecule has 0 fully saturated rings. The van der Waals surface area contributed by atoms with E-state index in [1.807, 2.05) is 30.3 Å². The van der Waals surface area contributed by atoms with E-state index in [2.05, 4.69) is 4.98 Å². The van der Waals surface area contributed by atoms with E-state index in [9.17, 15) is 4.79 Å². The molecule has 6 heteroatoms. The zero-order valence-corrected chi connectivity index (χ0v) is 11.1. The van der Waals surface area contributed by atoms with Gasteiger partial charge >= 0.3 is 5.97 Å². The van der Waals surface area contributed by atoms with Gasteiger partial charge in [-0.1, -0.05) is 12.1 Å². The summed E-state index contributed by atoms with van der Waals surface area (Å²) in [6, 6.07) is 8.60. The van der Waals surface area contributed by atoms with Crippen LogP contribution in [0.25, 0.3) is 10.9 Å². The minimum Gasteiger partial charge on any atom is -0.480 e. The van der Waals surface area contributed by atoms with Gasteiger partial charge in [-0.25, -0.2) is 0 Å². The Bertz CT molecular complexity index is 534. The molecule has 0 aliphatic carbocycles. The molecule has 98 valence electrons. The van der Waals surface area contributed by atoms with Gasteiger partial charge in [0.2, 0.25) is 0 Å². The number of aliphatic carboxylic acids is 1. The van der Waals surface area contributed by atoms with Crippen molar-refractivity contribution in [2.75, 3.05) is 0 Å². The van der Waals surface area contributed by atoms with E-state index in [-0.39, 0.29) is 24.8 Å². The van der Waals surface area contributed by atoms with Gasteiger partial charge in [0.25, 0.3) is 0 Å². The molecule has 0 aliphatic rings. The van der Waals surface area contributed by atoms with Crippen LogP contribution < -0.4 is 5.73 Å². The van der Waals surface area contributed by atoms with Gasteiger partial charge in [0.15, 0.2) is 0 Å². The van der Waals surface area contributed by atoms with Crippen LogP contribution in [-0.2, 0) is 11.2 Å². The maximum Gasteiger partial charge on any atom is 0.320 e. The molecule has 1 aromatic heterocycles. The van der Waals surface area contributed by atoms with E-state index in [1.165, 1.54) is 0 Å². The largest absolute Gasteiger partial charge is 0.480 e. The van der Waals surface area contributed by atoms with E-state index in [0.717, 1.165) is 16.5 Å². The number of nitrogens with zero attached hydrogens (tertiary/aromatic N) is 1. The van der Waals surface area contributed by atoms with Gasteiger partial charge in [0, 0.05) is 11.6 Å². The van der Waals surface area contributed by atoms with Crippen molar-refractivity contribution in [3.63, 3.8) is 0 Å². The van der Waals surface area contributed by atoms with Crippen LogP contribution in [0.4, 0.5) is 0 Å². The number of hydrogen-bond donors (Lipinski definition) is 2. The first-order valence-corrected chi connectivity index (χ1v) is 4.99. The van der Waals surface area contributed by atoms with E-state index < -0.39 is 12.0 Å². The third kappa shape index (κ3) is 3.84. The lowest BCUT2D eigenvalue weighted by molar-refractivity contribution is -0.138. The molecule has 18 heavy (non-hydrogen) atoms. The predicted octanol–water partition coefficient (Wildman–Crippen LogP) is 2.03. The summed E-state index contributed by atoms with van der Waals surface area (Å²) < 4.78 is 0. The van der Waals surface area contributed by atoms with Crippen LogP contribution in [0.3, 0.4) is 0 Å². The van der Waals surface area contributed by atoms with Gasteiger partial charge < -0.3 is 10.8 Å². The zero-order chi connectivity index (χ0) is 11.5. The number of halogens is 2. The third-order valence-corrected chi connectivity index (χ3v) is 2.44. The van der Waals surface area contributed by atoms with Crippen molar-refractivity contribution in [1.82, 2.24) is 4.98 Å². The van der Waals surface area contributed by atoms with Crippen LogP contribution in [-0.4, -0.2) is 22.1 Å². The Morgan fingerprint density at radius 3 is 2.72 bits per heavy atom. The number of benzene rings is 1. The van der Waals surface area contributed by atoms with Crippen molar-refractivity contribution in [2.45, 2.75) is 12.5 Å². The number of fused-ring (bicyclic) bond motifs is 1. The zero-order valence-electron chi connectivity index (χ0n) is 9.45. The molecule has 3 N–H and O–H groups in total. The van der Waals surface area contributed by atoms with Crippen molar-refractivity contribution in [1.29, 1.82) is 0 Å². The molecule has 2 rings (SSSR count). The minimum absolute atomic E-state index is 0. The molecule has 0 saturated heterocycles. The lowest BCUT2D eigenvalue weighted by Gasteiger charge is -2.07. The average molecular weight is 289 g/mol. The van der Waals surface area contributed by atoms with Gasteiger partial charge in [-0.3, -0.25) is 9.78 Å². The number of carboxylic acid groups (broad SMARTS) is 1. The van der Waals surface area contributed by atoms with Gasteiger partial charge in [-0.2, -0.15) is 0 Å². The summed E-state index contributed by atoms with van der Waals surface area (Å²) in [5.41, 5.74) is 7.29. The number of hydrogen-bond acceptors (Lipinski definition) is 3. The molecule has 0 bridgehead atoms. The van der Waals surface area contributed by atoms with Crippen molar-refractivity contribution >= 4 is 41.7 Å². The van der Waals surface area contributed by atoms with Crippen LogP contribution in [0, 0.1) is 0 Å². The third-order valence-electron chi connectivity index (χ3n) is 2.44. The standard InChI is InChI=1S/C12H12N2O2.2ClH/c13-10(12(15)16)7-8-3-4-11-9(6-8)2-1-5-14-11;;/h1-6,10H,7,13H2,(H,15,16);2*1H/t10-;;/m1../s1. The Hall–Kier alpha value is -1.36. The fraction of sp³-hybridized carbons (Fsp3) is 0.167. The molecule has 0 unspecified atom stereocenters. The molecule has 1 aromatic carbocycles. The molecule has 0 aliphatic heterocycles. The molecule has 0 amide bonds. The van der Waals surface area contributed by atoms with Crippen LogP contribution in [0.5, 0.6) is 0 Å². The second-order valence-corrected chi connectivity index (χ2v) is 3.68. The number of pyridine rings is 1. The van der Waals surface area contributed by atoms with E-state index in [1.54, 1.807) is 6.20 Å². The number of carbonyl (C=O) groups is 1. The summed E-state index contributed by atoms with van der Waals surface area (Å²) in [6.45, 7) is 0. The van der Waals surface area contributed by atoms with Gasteiger partial charge in [-0.05, 0) is 30.2 Å². The van der Waals surface area contributed by atoms with Crippen molar-refractivity contribution in [3.8, 4) is 0 Å². The Morgan fingerprint density at radius 1 is 1.33 bits per heavy atom. The molecule has 4 nitrogen and oxygen atoms in total. The monoisotopic (exact) mass is 288 g/mol. The first kappa shape index (κ1) is 16.6. The number of aromatic nitrogens is 1. The van der Waals surface area contributed by atoms with Gasteiger partial charge in [-0.15, -0.1) is 24.8 Å². The molecule has 0 radical (unpaired) electrons. The average Bonchev–Trinajstić information content (AvgIpc) is 2.28. The number of carboxylic acids is 1. The van der Waals surface area contributed by atoms with Crippen molar-refractivity contribution in [3.05, 3.63) is 42.1 Å². The number of rotatable bonds is 3. The van der Waals surface area contributed by atoms with Crippen LogP contribution in [0.2, 0.25) is 0 Å². The summed E-state index contributed by atoms with van der Waals surface area (Å²) in [5, 5.41) is 9.72. The maximum absolute atomic E-state index is 10.6. The maximum atomic E-state index is 10.6. The lowest BCUT2D eigenvalue weighted by Crippen LogP contribution is -2.32.